The van der Waals surface area contributed by atoms with E-state index < -0.39 is 51.6 Å². The lowest BCUT2D eigenvalue weighted by Gasteiger charge is -2.28. The second kappa shape index (κ2) is 13.0. The number of nitrogens with zero attached hydrogens (tertiary/aromatic N) is 1. The Morgan fingerprint density at radius 2 is 1.61 bits per heavy atom. The molecule has 0 aliphatic rings. The molecule has 0 aliphatic carbocycles. The molecule has 0 aromatic heterocycles. The van der Waals surface area contributed by atoms with Gasteiger partial charge in [-0.1, -0.05) is 6.07 Å². The van der Waals surface area contributed by atoms with Gasteiger partial charge in [0, 0.05) is 6.42 Å². The summed E-state index contributed by atoms with van der Waals surface area (Å²) in [4.78, 5) is 25.8. The van der Waals surface area contributed by atoms with E-state index in [1.54, 1.807) is 53.7 Å². The molecule has 2 N–H and O–H groups in total. The lowest BCUT2D eigenvalue weighted by Crippen LogP contribution is -2.49. The topological polar surface area (TPSA) is 144 Å². The normalized spacial score (nSPS) is 12.5. The highest BCUT2D eigenvalue weighted by atomic mass is 79.9. The third-order valence-corrected chi connectivity index (χ3v) is 5.57. The van der Waals surface area contributed by atoms with Crippen LogP contribution in [0.5, 0.6) is 5.75 Å². The highest BCUT2D eigenvalue weighted by molar-refractivity contribution is 9.10. The molecule has 0 heterocycles. The maximum absolute atomic E-state index is 12.8. The van der Waals surface area contributed by atoms with Crippen molar-refractivity contribution in [3.8, 4) is 5.75 Å². The molecule has 0 atom stereocenters. The Hall–Kier alpha value is -2.59. The molecule has 0 saturated carbocycles. The first-order chi connectivity index (χ1) is 17.1. The van der Waals surface area contributed by atoms with E-state index in [0.29, 0.717) is 10.0 Å². The molecular weight excluding hydrogens is 603 g/mol. The number of rotatable bonds is 8. The highest BCUT2D eigenvalue weighted by Crippen LogP contribution is 2.28. The summed E-state index contributed by atoms with van der Waals surface area (Å²) >= 11 is 3.28. The summed E-state index contributed by atoms with van der Waals surface area (Å²) in [6, 6.07) is 4.59. The van der Waals surface area contributed by atoms with Crippen LogP contribution in [-0.4, -0.2) is 61.4 Å². The van der Waals surface area contributed by atoms with E-state index in [1.807, 2.05) is 0 Å². The number of nitrogens with one attached hydrogen (secondary N) is 2. The van der Waals surface area contributed by atoms with E-state index in [-0.39, 0.29) is 25.3 Å². The summed E-state index contributed by atoms with van der Waals surface area (Å²) < 4.78 is 78.8. The van der Waals surface area contributed by atoms with Crippen molar-refractivity contribution in [1.82, 2.24) is 10.2 Å². The van der Waals surface area contributed by atoms with Crippen LogP contribution in [0.25, 0.3) is 0 Å². The van der Waals surface area contributed by atoms with E-state index >= 15 is 0 Å². The second-order valence-corrected chi connectivity index (χ2v) is 12.2. The number of alkyl halides is 3. The Kier molecular flexibility index (Phi) is 11.4. The van der Waals surface area contributed by atoms with Crippen LogP contribution < -0.4 is 10.1 Å². The van der Waals surface area contributed by atoms with Crippen molar-refractivity contribution in [3.63, 3.8) is 0 Å². The summed E-state index contributed by atoms with van der Waals surface area (Å²) in [6.45, 7) is 8.77. The number of alkyl carbamates (subject to hydrolysis) is 1. The molecule has 1 aromatic rings. The van der Waals surface area contributed by atoms with Gasteiger partial charge in [-0.3, -0.25) is 14.9 Å². The highest BCUT2D eigenvalue weighted by Gasteiger charge is 2.47. The van der Waals surface area contributed by atoms with Gasteiger partial charge in [0.25, 0.3) is 0 Å². The molecule has 16 heteroatoms. The third-order valence-electron chi connectivity index (χ3n) is 3.91. The predicted octanol–water partition coefficient (Wildman–Crippen LogP) is 5.28. The summed E-state index contributed by atoms with van der Waals surface area (Å²) in [6.07, 6.45) is -1.99. The van der Waals surface area contributed by atoms with Crippen LogP contribution in [0.3, 0.4) is 0 Å². The van der Waals surface area contributed by atoms with Gasteiger partial charge in [0.05, 0.1) is 24.2 Å². The van der Waals surface area contributed by atoms with E-state index in [0.717, 1.165) is 4.90 Å². The van der Waals surface area contributed by atoms with Crippen LogP contribution in [0.4, 0.5) is 22.8 Å². The van der Waals surface area contributed by atoms with Gasteiger partial charge in [-0.25, -0.2) is 14.5 Å². The van der Waals surface area contributed by atoms with Crippen LogP contribution in [0.1, 0.15) is 53.5 Å². The minimum absolute atomic E-state index is 0.149. The molecule has 0 aliphatic heterocycles. The first-order valence-electron chi connectivity index (χ1n) is 11.1. The smallest absolute Gasteiger partial charge is 0.492 e. The van der Waals surface area contributed by atoms with Crippen molar-refractivity contribution >= 4 is 44.2 Å². The van der Waals surface area contributed by atoms with Gasteiger partial charge in [-0.15, -0.1) is 0 Å². The molecule has 1 rings (SSSR count). The molecule has 216 valence electrons. The van der Waals surface area contributed by atoms with Gasteiger partial charge in [0.2, 0.25) is 5.96 Å². The van der Waals surface area contributed by atoms with Crippen LogP contribution in [0.2, 0.25) is 0 Å². The number of halogens is 4. The van der Waals surface area contributed by atoms with Crippen LogP contribution in [-0.2, 0) is 30.3 Å². The van der Waals surface area contributed by atoms with E-state index in [1.165, 1.54) is 6.07 Å². The molecule has 0 spiro atoms. The first kappa shape index (κ1) is 33.4. The van der Waals surface area contributed by atoms with E-state index in [9.17, 15) is 31.2 Å². The number of carbonyl (C=O) groups is 2. The standard InChI is InChI=1S/C22H31BrF3N3O8S/c1-20(2,3)36-18(30)28-17(27)29(19(31)37-21(4,5)6)13-14-8-9-16(15(23)12-14)34-10-7-11-35-38(32,33)22(24,25)26/h8-9,12H,7,10-11,13H2,1-6H3,(H2,27,28,30). The van der Waals surface area contributed by atoms with Crippen molar-refractivity contribution in [2.24, 2.45) is 0 Å². The Balaban J connectivity index is 2.88. The van der Waals surface area contributed by atoms with Crippen molar-refractivity contribution in [2.45, 2.75) is 71.2 Å². The molecule has 0 unspecified atom stereocenters. The fourth-order valence-corrected chi connectivity index (χ4v) is 3.45. The first-order valence-corrected chi connectivity index (χ1v) is 13.3. The summed E-state index contributed by atoms with van der Waals surface area (Å²) in [5.41, 5.74) is -6.73. The quantitative estimate of drug-likeness (QED) is 0.129. The number of ether oxygens (including phenoxy) is 3. The number of guanidine groups is 1. The van der Waals surface area contributed by atoms with E-state index in [2.05, 4.69) is 25.4 Å². The Labute approximate surface area is 227 Å². The zero-order valence-corrected chi connectivity index (χ0v) is 24.1. The average Bonchev–Trinajstić information content (AvgIpc) is 2.69. The molecule has 2 amide bonds. The molecule has 0 bridgehead atoms. The van der Waals surface area contributed by atoms with Crippen LogP contribution in [0, 0.1) is 5.41 Å². The maximum atomic E-state index is 12.8. The molecular formula is C22H31BrF3N3O8S. The van der Waals surface area contributed by atoms with Crippen molar-refractivity contribution in [1.29, 1.82) is 5.41 Å². The van der Waals surface area contributed by atoms with Crippen molar-refractivity contribution in [2.75, 3.05) is 13.2 Å². The fourth-order valence-electron chi connectivity index (χ4n) is 2.44. The monoisotopic (exact) mass is 633 g/mol. The van der Waals surface area contributed by atoms with Crippen LogP contribution >= 0.6 is 15.9 Å². The minimum Gasteiger partial charge on any atom is -0.492 e. The summed E-state index contributed by atoms with van der Waals surface area (Å²) in [5, 5.41) is 10.4. The third kappa shape index (κ3) is 11.9. The van der Waals surface area contributed by atoms with Gasteiger partial charge < -0.3 is 14.2 Å². The number of carbonyl (C=O) groups excluding carboxylic acids is 2. The maximum Gasteiger partial charge on any atom is 0.523 e. The fraction of sp³-hybridized carbons (Fsp3) is 0.591. The lowest BCUT2D eigenvalue weighted by molar-refractivity contribution is -0.0544. The van der Waals surface area contributed by atoms with Gasteiger partial charge >= 0.3 is 27.8 Å². The van der Waals surface area contributed by atoms with Crippen molar-refractivity contribution in [3.05, 3.63) is 28.2 Å². The Morgan fingerprint density at radius 1 is 1.03 bits per heavy atom. The molecule has 0 fully saturated rings. The minimum atomic E-state index is -5.67. The molecule has 0 saturated heterocycles. The number of hydrogen-bond acceptors (Lipinski definition) is 9. The summed E-state index contributed by atoms with van der Waals surface area (Å²) in [7, 11) is -5.67. The van der Waals surface area contributed by atoms with E-state index in [4.69, 9.17) is 19.6 Å². The molecule has 11 nitrogen and oxygen atoms in total. The van der Waals surface area contributed by atoms with Gasteiger partial charge in [0.1, 0.15) is 17.0 Å². The largest absolute Gasteiger partial charge is 0.523 e. The molecule has 38 heavy (non-hydrogen) atoms. The zero-order chi connectivity index (χ0) is 29.5. The Morgan fingerprint density at radius 3 is 2.11 bits per heavy atom. The second-order valence-electron chi connectivity index (χ2n) is 9.73. The van der Waals surface area contributed by atoms with Crippen molar-refractivity contribution < 1.29 is 49.6 Å². The Bertz CT molecular complexity index is 1120. The zero-order valence-electron chi connectivity index (χ0n) is 21.7. The summed E-state index contributed by atoms with van der Waals surface area (Å²) in [5.74, 6) is -0.308. The number of amides is 2. The van der Waals surface area contributed by atoms with Crippen LogP contribution in [0.15, 0.2) is 22.7 Å². The number of hydrogen-bond donors (Lipinski definition) is 2. The predicted molar refractivity (Wildman–Crippen MR) is 134 cm³/mol. The molecule has 0 radical (unpaired) electrons. The van der Waals surface area contributed by atoms with Gasteiger partial charge in [0.15, 0.2) is 0 Å². The lowest BCUT2D eigenvalue weighted by atomic mass is 10.2. The molecule has 1 aromatic carbocycles. The van der Waals surface area contributed by atoms with Gasteiger partial charge in [-0.2, -0.15) is 21.6 Å². The average molecular weight is 634 g/mol. The SMILES string of the molecule is CC(C)(C)OC(=O)NC(=N)N(Cc1ccc(OCCCOS(=O)(=O)C(F)(F)F)c(Br)c1)C(=O)OC(C)(C)C. The number of benzene rings is 1. The van der Waals surface area contributed by atoms with Gasteiger partial charge in [-0.05, 0) is 75.2 Å².